The van der Waals surface area contributed by atoms with Gasteiger partial charge in [0.05, 0.1) is 23.8 Å². The highest BCUT2D eigenvalue weighted by atomic mass is 16.5. The van der Waals surface area contributed by atoms with Crippen LogP contribution < -0.4 is 11.0 Å². The van der Waals surface area contributed by atoms with E-state index in [1.54, 1.807) is 19.2 Å². The maximum Gasteiger partial charge on any atom is 0.360 e. The zero-order chi connectivity index (χ0) is 18.7. The van der Waals surface area contributed by atoms with Crippen molar-refractivity contribution in [2.45, 2.75) is 6.92 Å². The molecule has 1 aromatic heterocycles. The first-order valence-corrected chi connectivity index (χ1v) is 7.96. The van der Waals surface area contributed by atoms with Gasteiger partial charge in [0.2, 0.25) is 0 Å². The van der Waals surface area contributed by atoms with Gasteiger partial charge in [0, 0.05) is 7.05 Å². The lowest BCUT2D eigenvalue weighted by Gasteiger charge is -2.09. The van der Waals surface area contributed by atoms with Crippen molar-refractivity contribution in [3.8, 4) is 0 Å². The summed E-state index contributed by atoms with van der Waals surface area (Å²) in [5, 5.41) is 4.09. The fourth-order valence-electron chi connectivity index (χ4n) is 2.47. The Balaban J connectivity index is 2.11. The van der Waals surface area contributed by atoms with Crippen molar-refractivity contribution in [3.63, 3.8) is 0 Å². The number of hydrogen-bond acceptors (Lipinski definition) is 6. The standard InChI is InChI=1S/C19H18N4O3/c1-12-8-10-13(11-9-12)21-22-17(19(25)26-3)16-18(24)23(2)15-7-5-4-6-14(15)20-16/h4-11,21H,1-3H3/b22-17-. The van der Waals surface area contributed by atoms with E-state index >= 15 is 0 Å². The monoisotopic (exact) mass is 350 g/mol. The molecule has 0 fully saturated rings. The molecule has 2 aromatic carbocycles. The van der Waals surface area contributed by atoms with Gasteiger partial charge in [0.15, 0.2) is 11.4 Å². The van der Waals surface area contributed by atoms with Crippen LogP contribution in [0.1, 0.15) is 11.3 Å². The molecule has 0 unspecified atom stereocenters. The highest BCUT2D eigenvalue weighted by Gasteiger charge is 2.22. The molecule has 26 heavy (non-hydrogen) atoms. The SMILES string of the molecule is COC(=O)/C(=N\Nc1ccc(C)cc1)c1nc2ccccc2n(C)c1=O. The van der Waals surface area contributed by atoms with Crippen LogP contribution in [-0.2, 0) is 16.6 Å². The van der Waals surface area contributed by atoms with Crippen molar-refractivity contribution in [2.24, 2.45) is 12.1 Å². The minimum Gasteiger partial charge on any atom is -0.464 e. The Labute approximate surface area is 149 Å². The number of methoxy groups -OCH3 is 1. The van der Waals surface area contributed by atoms with Crippen molar-refractivity contribution >= 4 is 28.4 Å². The Morgan fingerprint density at radius 3 is 2.54 bits per heavy atom. The van der Waals surface area contributed by atoms with Gasteiger partial charge in [0.1, 0.15) is 0 Å². The van der Waals surface area contributed by atoms with Crippen molar-refractivity contribution < 1.29 is 9.53 Å². The van der Waals surface area contributed by atoms with Crippen molar-refractivity contribution in [1.82, 2.24) is 9.55 Å². The summed E-state index contributed by atoms with van der Waals surface area (Å²) in [6.07, 6.45) is 0. The maximum atomic E-state index is 12.7. The molecular weight excluding hydrogens is 332 g/mol. The number of rotatable bonds is 4. The smallest absolute Gasteiger partial charge is 0.360 e. The number of anilines is 1. The number of benzene rings is 2. The first kappa shape index (κ1) is 17.3. The number of esters is 1. The van der Waals surface area contributed by atoms with Crippen LogP contribution in [-0.4, -0.2) is 28.3 Å². The van der Waals surface area contributed by atoms with Crippen molar-refractivity contribution in [3.05, 3.63) is 70.1 Å². The topological polar surface area (TPSA) is 85.6 Å². The van der Waals surface area contributed by atoms with E-state index in [2.05, 4.69) is 15.5 Å². The number of nitrogens with one attached hydrogen (secondary N) is 1. The molecule has 0 amide bonds. The minimum atomic E-state index is -0.746. The molecule has 0 radical (unpaired) electrons. The Hall–Kier alpha value is -3.48. The van der Waals surface area contributed by atoms with Gasteiger partial charge in [-0.2, -0.15) is 5.10 Å². The minimum absolute atomic E-state index is 0.0716. The predicted octanol–water partition coefficient (Wildman–Crippen LogP) is 2.23. The van der Waals surface area contributed by atoms with Crippen LogP contribution >= 0.6 is 0 Å². The summed E-state index contributed by atoms with van der Waals surface area (Å²) in [5.41, 5.74) is 5.11. The summed E-state index contributed by atoms with van der Waals surface area (Å²) in [7, 11) is 2.85. The van der Waals surface area contributed by atoms with Gasteiger partial charge < -0.3 is 9.30 Å². The van der Waals surface area contributed by atoms with Gasteiger partial charge >= 0.3 is 5.97 Å². The van der Waals surface area contributed by atoms with Crippen LogP contribution in [0.25, 0.3) is 11.0 Å². The van der Waals surface area contributed by atoms with Crippen LogP contribution in [0.15, 0.2) is 58.4 Å². The second kappa shape index (κ2) is 7.18. The Morgan fingerprint density at radius 2 is 1.85 bits per heavy atom. The van der Waals surface area contributed by atoms with E-state index in [0.29, 0.717) is 16.7 Å². The highest BCUT2D eigenvalue weighted by molar-refractivity contribution is 6.42. The number of carbonyl (C=O) groups is 1. The van der Waals surface area contributed by atoms with Crippen molar-refractivity contribution in [2.75, 3.05) is 12.5 Å². The van der Waals surface area contributed by atoms with Gasteiger partial charge in [-0.1, -0.05) is 29.8 Å². The number of hydrogen-bond donors (Lipinski definition) is 1. The van der Waals surface area contributed by atoms with Crippen LogP contribution in [0.2, 0.25) is 0 Å². The summed E-state index contributed by atoms with van der Waals surface area (Å²) in [4.78, 5) is 29.2. The molecule has 3 aromatic rings. The number of fused-ring (bicyclic) bond motifs is 1. The number of carbonyl (C=O) groups excluding carboxylic acids is 1. The molecule has 0 saturated heterocycles. The molecule has 0 aliphatic heterocycles. The third kappa shape index (κ3) is 3.32. The molecule has 132 valence electrons. The predicted molar refractivity (Wildman–Crippen MR) is 100 cm³/mol. The summed E-state index contributed by atoms with van der Waals surface area (Å²) in [6, 6.07) is 14.6. The molecule has 1 heterocycles. The number of para-hydroxylation sites is 2. The van der Waals surface area contributed by atoms with E-state index in [9.17, 15) is 9.59 Å². The molecular formula is C19H18N4O3. The first-order chi connectivity index (χ1) is 12.5. The van der Waals surface area contributed by atoms with Gasteiger partial charge in [-0.25, -0.2) is 9.78 Å². The molecule has 0 aliphatic carbocycles. The summed E-state index contributed by atoms with van der Waals surface area (Å²) in [6.45, 7) is 1.97. The van der Waals surface area contributed by atoms with Crippen LogP contribution in [0, 0.1) is 6.92 Å². The molecule has 0 aliphatic rings. The quantitative estimate of drug-likeness (QED) is 0.443. The van der Waals surface area contributed by atoms with Crippen LogP contribution in [0.4, 0.5) is 5.69 Å². The molecule has 7 nitrogen and oxygen atoms in total. The third-order valence-electron chi connectivity index (χ3n) is 3.93. The second-order valence-electron chi connectivity index (χ2n) is 5.74. The average Bonchev–Trinajstić information content (AvgIpc) is 2.66. The largest absolute Gasteiger partial charge is 0.464 e. The summed E-state index contributed by atoms with van der Waals surface area (Å²) in [5.74, 6) is -0.746. The van der Waals surface area contributed by atoms with Crippen LogP contribution in [0.5, 0.6) is 0 Å². The highest BCUT2D eigenvalue weighted by Crippen LogP contribution is 2.11. The third-order valence-corrected chi connectivity index (χ3v) is 3.93. The molecule has 1 N–H and O–H groups in total. The average molecular weight is 350 g/mol. The molecule has 0 atom stereocenters. The first-order valence-electron chi connectivity index (χ1n) is 7.96. The second-order valence-corrected chi connectivity index (χ2v) is 5.74. The summed E-state index contributed by atoms with van der Waals surface area (Å²) >= 11 is 0. The van der Waals surface area contributed by atoms with E-state index < -0.39 is 11.5 Å². The van der Waals surface area contributed by atoms with E-state index in [4.69, 9.17) is 4.74 Å². The Morgan fingerprint density at radius 1 is 1.15 bits per heavy atom. The number of nitrogens with zero attached hydrogens (tertiary/aromatic N) is 3. The van der Waals surface area contributed by atoms with Gasteiger partial charge in [0.25, 0.3) is 5.56 Å². The van der Waals surface area contributed by atoms with E-state index in [1.807, 2.05) is 43.3 Å². The normalized spacial score (nSPS) is 11.4. The molecule has 7 heteroatoms. The van der Waals surface area contributed by atoms with Gasteiger partial charge in [-0.15, -0.1) is 0 Å². The Kier molecular flexibility index (Phi) is 4.79. The zero-order valence-electron chi connectivity index (χ0n) is 14.7. The molecule has 0 spiro atoms. The van der Waals surface area contributed by atoms with Gasteiger partial charge in [-0.3, -0.25) is 10.2 Å². The lowest BCUT2D eigenvalue weighted by atomic mass is 10.2. The van der Waals surface area contributed by atoms with E-state index in [-0.39, 0.29) is 11.4 Å². The lowest BCUT2D eigenvalue weighted by Crippen LogP contribution is -2.32. The van der Waals surface area contributed by atoms with E-state index in [0.717, 1.165) is 5.56 Å². The summed E-state index contributed by atoms with van der Waals surface area (Å²) < 4.78 is 6.22. The molecule has 3 rings (SSSR count). The number of hydrazone groups is 1. The van der Waals surface area contributed by atoms with E-state index in [1.165, 1.54) is 11.7 Å². The fourth-order valence-corrected chi connectivity index (χ4v) is 2.47. The van der Waals surface area contributed by atoms with Crippen LogP contribution in [0.3, 0.4) is 0 Å². The number of aryl methyl sites for hydroxylation is 2. The van der Waals surface area contributed by atoms with Crippen molar-refractivity contribution in [1.29, 1.82) is 0 Å². The number of ether oxygens (including phenoxy) is 1. The Bertz CT molecular complexity index is 1050. The molecule has 0 saturated carbocycles. The fraction of sp³-hybridized carbons (Fsp3) is 0.158. The lowest BCUT2D eigenvalue weighted by molar-refractivity contribution is -0.132. The molecule has 0 bridgehead atoms. The maximum absolute atomic E-state index is 12.7. The zero-order valence-corrected chi connectivity index (χ0v) is 14.7. The van der Waals surface area contributed by atoms with Gasteiger partial charge in [-0.05, 0) is 31.2 Å². The number of aromatic nitrogens is 2.